The van der Waals surface area contributed by atoms with E-state index in [-0.39, 0.29) is 5.56 Å². The number of rotatable bonds is 3. The Morgan fingerprint density at radius 1 is 1.32 bits per heavy atom. The van der Waals surface area contributed by atoms with E-state index in [4.69, 9.17) is 0 Å². The molecule has 0 aromatic carbocycles. The van der Waals surface area contributed by atoms with Gasteiger partial charge in [-0.05, 0) is 52.6 Å². The molecular weight excluding hydrogens is 376 g/mol. The van der Waals surface area contributed by atoms with Crippen molar-refractivity contribution in [2.75, 3.05) is 0 Å². The van der Waals surface area contributed by atoms with E-state index in [9.17, 15) is 4.79 Å². The molecular formula is C12H14Br2N4O. The van der Waals surface area contributed by atoms with Gasteiger partial charge in [-0.15, -0.1) is 0 Å². The Bertz CT molecular complexity index is 675. The molecule has 0 N–H and O–H groups in total. The minimum absolute atomic E-state index is 0.0825. The molecule has 0 fully saturated rings. The zero-order chi connectivity index (χ0) is 14.2. The van der Waals surface area contributed by atoms with Crippen LogP contribution < -0.4 is 5.56 Å². The van der Waals surface area contributed by atoms with Crippen LogP contribution in [-0.2, 0) is 13.1 Å². The number of hydrogen-bond acceptors (Lipinski definition) is 3. The number of nitrogens with zero attached hydrogens (tertiary/aromatic N) is 4. The van der Waals surface area contributed by atoms with Crippen LogP contribution in [0.3, 0.4) is 0 Å². The molecule has 0 saturated carbocycles. The topological polar surface area (TPSA) is 52.7 Å². The Balaban J connectivity index is 2.53. The molecule has 0 aliphatic carbocycles. The van der Waals surface area contributed by atoms with Crippen LogP contribution >= 0.6 is 31.9 Å². The maximum atomic E-state index is 12.1. The zero-order valence-corrected chi connectivity index (χ0v) is 14.1. The molecule has 2 aromatic rings. The molecule has 19 heavy (non-hydrogen) atoms. The Hall–Kier alpha value is -0.950. The predicted octanol–water partition coefficient (Wildman–Crippen LogP) is 2.65. The number of halogens is 2. The number of aromatic nitrogens is 4. The summed E-state index contributed by atoms with van der Waals surface area (Å²) >= 11 is 6.76. The maximum Gasteiger partial charge on any atom is 0.268 e. The molecule has 0 atom stereocenters. The third-order valence-electron chi connectivity index (χ3n) is 2.97. The second kappa shape index (κ2) is 5.58. The van der Waals surface area contributed by atoms with Gasteiger partial charge in [0, 0.05) is 12.7 Å². The molecule has 0 amide bonds. The van der Waals surface area contributed by atoms with Crippen LogP contribution in [0.1, 0.15) is 24.1 Å². The Labute approximate surface area is 127 Å². The largest absolute Gasteiger partial charge is 0.290 e. The van der Waals surface area contributed by atoms with Gasteiger partial charge in [-0.2, -0.15) is 5.10 Å². The highest BCUT2D eigenvalue weighted by molar-refractivity contribution is 9.10. The molecule has 0 aliphatic heterocycles. The fraction of sp³-hybridized carbons (Fsp3) is 0.417. The van der Waals surface area contributed by atoms with Crippen molar-refractivity contribution in [2.45, 2.75) is 33.9 Å². The third kappa shape index (κ3) is 2.67. The van der Waals surface area contributed by atoms with E-state index in [0.717, 1.165) is 22.4 Å². The fourth-order valence-corrected chi connectivity index (χ4v) is 2.63. The van der Waals surface area contributed by atoms with Gasteiger partial charge in [0.15, 0.2) is 0 Å². The lowest BCUT2D eigenvalue weighted by Gasteiger charge is -2.11. The van der Waals surface area contributed by atoms with E-state index < -0.39 is 0 Å². The summed E-state index contributed by atoms with van der Waals surface area (Å²) in [6.07, 6.45) is 1.53. The minimum Gasteiger partial charge on any atom is -0.290 e. The number of aryl methyl sites for hydroxylation is 3. The Morgan fingerprint density at radius 2 is 2.00 bits per heavy atom. The normalized spacial score (nSPS) is 11.0. The molecule has 2 heterocycles. The summed E-state index contributed by atoms with van der Waals surface area (Å²) in [5.74, 6) is 0.682. The van der Waals surface area contributed by atoms with Crippen molar-refractivity contribution < 1.29 is 0 Å². The van der Waals surface area contributed by atoms with Crippen LogP contribution in [0.25, 0.3) is 0 Å². The van der Waals surface area contributed by atoms with Gasteiger partial charge in [-0.25, -0.2) is 4.98 Å². The zero-order valence-electron chi connectivity index (χ0n) is 10.9. The van der Waals surface area contributed by atoms with Crippen LogP contribution in [-0.4, -0.2) is 19.3 Å². The summed E-state index contributed by atoms with van der Waals surface area (Å²) in [7, 11) is 0. The van der Waals surface area contributed by atoms with Crippen LogP contribution in [0.5, 0.6) is 0 Å². The van der Waals surface area contributed by atoms with Gasteiger partial charge in [0.05, 0.1) is 22.4 Å². The van der Waals surface area contributed by atoms with Gasteiger partial charge in [0.2, 0.25) is 0 Å². The molecule has 5 nitrogen and oxygen atoms in total. The van der Waals surface area contributed by atoms with Gasteiger partial charge in [0.25, 0.3) is 5.56 Å². The molecule has 7 heteroatoms. The first-order chi connectivity index (χ1) is 8.95. The van der Waals surface area contributed by atoms with Crippen molar-refractivity contribution in [3.05, 3.63) is 42.7 Å². The van der Waals surface area contributed by atoms with Crippen LogP contribution in [0.15, 0.2) is 19.9 Å². The molecule has 0 bridgehead atoms. The molecule has 0 saturated heterocycles. The first-order valence-electron chi connectivity index (χ1n) is 5.89. The third-order valence-corrected chi connectivity index (χ3v) is 4.54. The van der Waals surface area contributed by atoms with Crippen molar-refractivity contribution in [3.8, 4) is 0 Å². The van der Waals surface area contributed by atoms with Crippen molar-refractivity contribution in [1.29, 1.82) is 0 Å². The summed E-state index contributed by atoms with van der Waals surface area (Å²) in [4.78, 5) is 16.3. The van der Waals surface area contributed by atoms with E-state index in [1.807, 2.05) is 25.5 Å². The van der Waals surface area contributed by atoms with Gasteiger partial charge >= 0.3 is 0 Å². The molecule has 0 aliphatic rings. The van der Waals surface area contributed by atoms with E-state index in [0.29, 0.717) is 16.8 Å². The van der Waals surface area contributed by atoms with Crippen molar-refractivity contribution >= 4 is 31.9 Å². The van der Waals surface area contributed by atoms with E-state index in [1.165, 1.54) is 6.20 Å². The van der Waals surface area contributed by atoms with Crippen molar-refractivity contribution in [2.24, 2.45) is 0 Å². The Morgan fingerprint density at radius 3 is 2.63 bits per heavy atom. The Kier molecular flexibility index (Phi) is 4.25. The summed E-state index contributed by atoms with van der Waals surface area (Å²) in [5, 5.41) is 4.43. The summed E-state index contributed by atoms with van der Waals surface area (Å²) in [5.41, 5.74) is 1.82. The van der Waals surface area contributed by atoms with Gasteiger partial charge in [-0.3, -0.25) is 14.0 Å². The second-order valence-corrected chi connectivity index (χ2v) is 5.85. The second-order valence-electron chi connectivity index (χ2n) is 4.21. The SMILES string of the molecule is CCn1nc(C)c(Br)c1Cn1c(C)ncc(Br)c1=O. The minimum atomic E-state index is -0.0825. The lowest BCUT2D eigenvalue weighted by molar-refractivity contribution is 0.579. The summed E-state index contributed by atoms with van der Waals surface area (Å²) in [6, 6.07) is 0. The monoisotopic (exact) mass is 388 g/mol. The summed E-state index contributed by atoms with van der Waals surface area (Å²) in [6.45, 7) is 7.00. The van der Waals surface area contributed by atoms with E-state index in [2.05, 4.69) is 41.9 Å². The molecule has 0 unspecified atom stereocenters. The highest BCUT2D eigenvalue weighted by atomic mass is 79.9. The first-order valence-corrected chi connectivity index (χ1v) is 7.48. The van der Waals surface area contributed by atoms with Gasteiger partial charge in [0.1, 0.15) is 10.3 Å². The highest BCUT2D eigenvalue weighted by Crippen LogP contribution is 2.22. The smallest absolute Gasteiger partial charge is 0.268 e. The predicted molar refractivity (Wildman–Crippen MR) is 80.4 cm³/mol. The van der Waals surface area contributed by atoms with Crippen LogP contribution in [0, 0.1) is 13.8 Å². The quantitative estimate of drug-likeness (QED) is 0.810. The standard InChI is InChI=1S/C12H14Br2N4O/c1-4-18-10(11(14)7(2)16-18)6-17-8(3)15-5-9(13)12(17)19/h5H,4,6H2,1-3H3. The lowest BCUT2D eigenvalue weighted by Crippen LogP contribution is -2.25. The van der Waals surface area contributed by atoms with E-state index >= 15 is 0 Å². The van der Waals surface area contributed by atoms with Gasteiger partial charge < -0.3 is 0 Å². The number of hydrogen-bond donors (Lipinski definition) is 0. The highest BCUT2D eigenvalue weighted by Gasteiger charge is 2.15. The first kappa shape index (κ1) is 14.5. The summed E-state index contributed by atoms with van der Waals surface area (Å²) < 4.78 is 4.94. The molecule has 102 valence electrons. The average molecular weight is 390 g/mol. The molecule has 0 spiro atoms. The fourth-order valence-electron chi connectivity index (χ4n) is 1.91. The molecule has 2 rings (SSSR count). The molecule has 0 radical (unpaired) electrons. The van der Waals surface area contributed by atoms with Crippen molar-refractivity contribution in [3.63, 3.8) is 0 Å². The lowest BCUT2D eigenvalue weighted by atomic mass is 10.3. The molecule has 2 aromatic heterocycles. The van der Waals surface area contributed by atoms with Gasteiger partial charge in [-0.1, -0.05) is 0 Å². The average Bonchev–Trinajstić information content (AvgIpc) is 2.66. The van der Waals surface area contributed by atoms with Crippen molar-refractivity contribution in [1.82, 2.24) is 19.3 Å². The van der Waals surface area contributed by atoms with Crippen LogP contribution in [0.4, 0.5) is 0 Å². The van der Waals surface area contributed by atoms with E-state index in [1.54, 1.807) is 4.57 Å². The van der Waals surface area contributed by atoms with Crippen LogP contribution in [0.2, 0.25) is 0 Å². The maximum absolute atomic E-state index is 12.1.